The number of aryl methyl sites for hydroxylation is 1. The first kappa shape index (κ1) is 21.4. The van der Waals surface area contributed by atoms with Crippen molar-refractivity contribution in [3.05, 3.63) is 82.3 Å². The average molecular weight is 471 g/mol. The van der Waals surface area contributed by atoms with E-state index in [0.717, 1.165) is 5.56 Å². The Hall–Kier alpha value is -2.26. The number of halogens is 2. The van der Waals surface area contributed by atoms with E-state index in [0.29, 0.717) is 5.69 Å². The van der Waals surface area contributed by atoms with Crippen LogP contribution in [0.25, 0.3) is 0 Å². The second-order valence-corrected chi connectivity index (χ2v) is 10.3. The minimum absolute atomic E-state index is 0.00973. The Morgan fingerprint density at radius 2 is 1.41 bits per heavy atom. The summed E-state index contributed by atoms with van der Waals surface area (Å²) in [6.45, 7) is 1.79. The summed E-state index contributed by atoms with van der Waals surface area (Å²) >= 11 is 11.8. The minimum atomic E-state index is -4.00. The van der Waals surface area contributed by atoms with Gasteiger partial charge < -0.3 is 0 Å². The monoisotopic (exact) mass is 470 g/mol. The van der Waals surface area contributed by atoms with Crippen LogP contribution in [0, 0.1) is 6.92 Å². The molecule has 2 N–H and O–H groups in total. The Bertz CT molecular complexity index is 1260. The van der Waals surface area contributed by atoms with Gasteiger partial charge in [-0.15, -0.1) is 0 Å². The van der Waals surface area contributed by atoms with Crippen molar-refractivity contribution >= 4 is 54.6 Å². The number of hydrogen-bond acceptors (Lipinski definition) is 4. The van der Waals surface area contributed by atoms with Crippen LogP contribution in [0.2, 0.25) is 10.0 Å². The molecule has 0 aromatic heterocycles. The number of rotatable bonds is 6. The normalized spacial score (nSPS) is 11.8. The van der Waals surface area contributed by atoms with E-state index in [2.05, 4.69) is 9.44 Å². The third-order valence-electron chi connectivity index (χ3n) is 3.99. The molecule has 0 atom stereocenters. The molecule has 0 spiro atoms. The van der Waals surface area contributed by atoms with E-state index in [1.54, 1.807) is 31.2 Å². The highest BCUT2D eigenvalue weighted by molar-refractivity contribution is 7.93. The van der Waals surface area contributed by atoms with E-state index in [1.807, 2.05) is 0 Å². The minimum Gasteiger partial charge on any atom is -0.280 e. The summed E-state index contributed by atoms with van der Waals surface area (Å²) in [7, 11) is -7.83. The third-order valence-corrected chi connectivity index (χ3v) is 7.47. The zero-order valence-corrected chi connectivity index (χ0v) is 18.2. The lowest BCUT2D eigenvalue weighted by Crippen LogP contribution is -2.15. The SMILES string of the molecule is Cc1ccccc1NS(=O)(=O)c1ccc(NS(=O)(=O)c2cc(Cl)ccc2Cl)cc1. The lowest BCUT2D eigenvalue weighted by atomic mass is 10.2. The lowest BCUT2D eigenvalue weighted by Gasteiger charge is -2.12. The highest BCUT2D eigenvalue weighted by atomic mass is 35.5. The lowest BCUT2D eigenvalue weighted by molar-refractivity contribution is 0.600. The summed E-state index contributed by atoms with van der Waals surface area (Å²) in [6.07, 6.45) is 0. The number of nitrogens with one attached hydrogen (secondary N) is 2. The van der Waals surface area contributed by atoms with E-state index in [-0.39, 0.29) is 25.5 Å². The van der Waals surface area contributed by atoms with Gasteiger partial charge in [0.2, 0.25) is 0 Å². The van der Waals surface area contributed by atoms with Gasteiger partial charge in [-0.1, -0.05) is 41.4 Å². The average Bonchev–Trinajstić information content (AvgIpc) is 2.65. The van der Waals surface area contributed by atoms with E-state index in [4.69, 9.17) is 23.2 Å². The smallest absolute Gasteiger partial charge is 0.263 e. The molecule has 3 aromatic carbocycles. The first-order valence-corrected chi connectivity index (χ1v) is 12.0. The van der Waals surface area contributed by atoms with Crippen molar-refractivity contribution in [2.75, 3.05) is 9.44 Å². The highest BCUT2D eigenvalue weighted by Crippen LogP contribution is 2.27. The van der Waals surface area contributed by atoms with Gasteiger partial charge in [0.15, 0.2) is 0 Å². The summed E-state index contributed by atoms with van der Waals surface area (Å²) in [5, 5.41) is 0.238. The Balaban J connectivity index is 1.83. The van der Waals surface area contributed by atoms with Crippen LogP contribution in [-0.2, 0) is 20.0 Å². The van der Waals surface area contributed by atoms with Gasteiger partial charge in [-0.3, -0.25) is 9.44 Å². The molecule has 0 amide bonds. The zero-order chi connectivity index (χ0) is 21.2. The van der Waals surface area contributed by atoms with Crippen LogP contribution < -0.4 is 9.44 Å². The van der Waals surface area contributed by atoms with Crippen LogP contribution in [0.5, 0.6) is 0 Å². The van der Waals surface area contributed by atoms with Crippen molar-refractivity contribution in [2.24, 2.45) is 0 Å². The third kappa shape index (κ3) is 5.02. The van der Waals surface area contributed by atoms with Crippen LogP contribution >= 0.6 is 23.2 Å². The standard InChI is InChI=1S/C19H16Cl2N2O4S2/c1-13-4-2-3-5-18(13)23-28(24,25)16-9-7-15(8-10-16)22-29(26,27)19-12-14(20)6-11-17(19)21/h2-12,22-23H,1H3. The summed E-state index contributed by atoms with van der Waals surface area (Å²) in [4.78, 5) is -0.186. The first-order chi connectivity index (χ1) is 13.6. The van der Waals surface area contributed by atoms with Gasteiger partial charge in [0, 0.05) is 10.7 Å². The second kappa shape index (κ2) is 8.23. The molecule has 29 heavy (non-hydrogen) atoms. The number of sulfonamides is 2. The van der Waals surface area contributed by atoms with Crippen molar-refractivity contribution in [1.29, 1.82) is 0 Å². The molecule has 0 bridgehead atoms. The molecular formula is C19H16Cl2N2O4S2. The van der Waals surface area contributed by atoms with Crippen LogP contribution in [0.1, 0.15) is 5.56 Å². The number of benzene rings is 3. The van der Waals surface area contributed by atoms with E-state index >= 15 is 0 Å². The molecule has 0 aliphatic carbocycles. The number of hydrogen-bond donors (Lipinski definition) is 2. The highest BCUT2D eigenvalue weighted by Gasteiger charge is 2.20. The molecule has 0 radical (unpaired) electrons. The number of anilines is 2. The molecule has 0 saturated carbocycles. The van der Waals surface area contributed by atoms with Crippen molar-refractivity contribution in [1.82, 2.24) is 0 Å². The molecule has 0 heterocycles. The van der Waals surface area contributed by atoms with Crippen LogP contribution in [0.4, 0.5) is 11.4 Å². The molecule has 3 aromatic rings. The maximum absolute atomic E-state index is 12.6. The second-order valence-electron chi connectivity index (χ2n) is 6.13. The molecule has 0 saturated heterocycles. The predicted molar refractivity (Wildman–Crippen MR) is 116 cm³/mol. The Morgan fingerprint density at radius 3 is 2.07 bits per heavy atom. The van der Waals surface area contributed by atoms with Gasteiger partial charge in [0.1, 0.15) is 4.90 Å². The van der Waals surface area contributed by atoms with Gasteiger partial charge in [0.25, 0.3) is 20.0 Å². The van der Waals surface area contributed by atoms with Crippen LogP contribution in [0.15, 0.2) is 76.5 Å². The Morgan fingerprint density at radius 1 is 0.759 bits per heavy atom. The van der Waals surface area contributed by atoms with Crippen LogP contribution in [-0.4, -0.2) is 16.8 Å². The van der Waals surface area contributed by atoms with Gasteiger partial charge in [0.05, 0.1) is 15.6 Å². The van der Waals surface area contributed by atoms with Crippen molar-refractivity contribution in [3.8, 4) is 0 Å². The summed E-state index contributed by atoms with van der Waals surface area (Å²) in [5.41, 5.74) is 1.42. The molecule has 3 rings (SSSR count). The molecule has 152 valence electrons. The summed E-state index contributed by atoms with van der Waals surface area (Å²) in [6, 6.07) is 16.4. The van der Waals surface area contributed by atoms with Crippen molar-refractivity contribution in [2.45, 2.75) is 16.7 Å². The van der Waals surface area contributed by atoms with E-state index in [1.165, 1.54) is 42.5 Å². The fraction of sp³-hybridized carbons (Fsp3) is 0.0526. The maximum atomic E-state index is 12.6. The van der Waals surface area contributed by atoms with Gasteiger partial charge >= 0.3 is 0 Å². The van der Waals surface area contributed by atoms with E-state index in [9.17, 15) is 16.8 Å². The molecule has 0 fully saturated rings. The molecule has 6 nitrogen and oxygen atoms in total. The van der Waals surface area contributed by atoms with E-state index < -0.39 is 20.0 Å². The van der Waals surface area contributed by atoms with Gasteiger partial charge in [-0.25, -0.2) is 16.8 Å². The first-order valence-electron chi connectivity index (χ1n) is 8.25. The van der Waals surface area contributed by atoms with Crippen LogP contribution in [0.3, 0.4) is 0 Å². The number of para-hydroxylation sites is 1. The molecule has 10 heteroatoms. The molecular weight excluding hydrogens is 455 g/mol. The van der Waals surface area contributed by atoms with Gasteiger partial charge in [-0.05, 0) is 61.0 Å². The molecule has 0 aliphatic heterocycles. The zero-order valence-electron chi connectivity index (χ0n) is 15.1. The topological polar surface area (TPSA) is 92.3 Å². The predicted octanol–water partition coefficient (Wildman–Crippen LogP) is 4.90. The fourth-order valence-corrected chi connectivity index (χ4v) is 5.44. The molecule has 0 unspecified atom stereocenters. The largest absolute Gasteiger partial charge is 0.280 e. The Kier molecular flexibility index (Phi) is 6.09. The van der Waals surface area contributed by atoms with Crippen molar-refractivity contribution < 1.29 is 16.8 Å². The summed E-state index contributed by atoms with van der Waals surface area (Å²) in [5.74, 6) is 0. The quantitative estimate of drug-likeness (QED) is 0.535. The molecule has 0 aliphatic rings. The maximum Gasteiger partial charge on any atom is 0.263 e. The van der Waals surface area contributed by atoms with Crippen molar-refractivity contribution in [3.63, 3.8) is 0 Å². The van der Waals surface area contributed by atoms with Gasteiger partial charge in [-0.2, -0.15) is 0 Å². The summed E-state index contributed by atoms with van der Waals surface area (Å²) < 4.78 is 55.1. The Labute approximate surface area is 179 Å². The fourth-order valence-electron chi connectivity index (χ4n) is 2.49.